The Balaban J connectivity index is 1.97. The molecule has 0 amide bonds. The van der Waals surface area contributed by atoms with Crippen LogP contribution in [0, 0.1) is 13.8 Å². The fourth-order valence-corrected chi connectivity index (χ4v) is 2.85. The van der Waals surface area contributed by atoms with Crippen LogP contribution in [-0.4, -0.2) is 26.9 Å². The molecule has 3 rings (SSSR count). The molecule has 0 aliphatic heterocycles. The summed E-state index contributed by atoms with van der Waals surface area (Å²) in [6.07, 6.45) is 2.74. The average molecular weight is 340 g/mol. The first-order chi connectivity index (χ1) is 12.1. The van der Waals surface area contributed by atoms with Crippen molar-refractivity contribution in [1.29, 1.82) is 0 Å². The fraction of sp³-hybridized carbons (Fsp3) is 0.421. The minimum atomic E-state index is 0.613. The molecule has 3 aromatic rings. The number of para-hydroxylation sites is 1. The zero-order valence-corrected chi connectivity index (χ0v) is 15.2. The molecule has 6 heteroatoms. The number of benzene rings is 1. The lowest BCUT2D eigenvalue weighted by molar-refractivity contribution is 0.410. The maximum absolute atomic E-state index is 5.77. The van der Waals surface area contributed by atoms with Crippen molar-refractivity contribution in [2.24, 2.45) is 0 Å². The molecule has 2 heterocycles. The molecule has 0 unspecified atom stereocenters. The summed E-state index contributed by atoms with van der Waals surface area (Å²) in [5.74, 6) is 3.69. The fourth-order valence-electron chi connectivity index (χ4n) is 2.85. The van der Waals surface area contributed by atoms with Gasteiger partial charge in [-0.2, -0.15) is 5.10 Å². The smallest absolute Gasteiger partial charge is 0.196 e. The van der Waals surface area contributed by atoms with Crippen LogP contribution < -0.4 is 4.74 Å². The largest absolute Gasteiger partial charge is 0.496 e. The Bertz CT molecular complexity index is 851. The van der Waals surface area contributed by atoms with Gasteiger partial charge in [0.05, 0.1) is 12.8 Å². The van der Waals surface area contributed by atoms with Crippen LogP contribution in [0.2, 0.25) is 0 Å². The second kappa shape index (κ2) is 7.51. The van der Waals surface area contributed by atoms with Crippen molar-refractivity contribution in [2.45, 2.75) is 46.6 Å². The first-order valence-electron chi connectivity index (χ1n) is 8.62. The highest BCUT2D eigenvalue weighted by Gasteiger charge is 2.19. The zero-order valence-electron chi connectivity index (χ0n) is 15.2. The number of methoxy groups -OCH3 is 1. The third-order valence-corrected chi connectivity index (χ3v) is 4.09. The van der Waals surface area contributed by atoms with Crippen molar-refractivity contribution in [3.63, 3.8) is 0 Å². The van der Waals surface area contributed by atoms with Gasteiger partial charge >= 0.3 is 0 Å². The number of aryl methyl sites for hydroxylation is 3. The van der Waals surface area contributed by atoms with E-state index in [-0.39, 0.29) is 0 Å². The normalized spacial score (nSPS) is 11.0. The number of nitrogens with zero attached hydrogens (tertiary/aromatic N) is 4. The number of aromatic nitrogens is 4. The van der Waals surface area contributed by atoms with Crippen LogP contribution in [0.15, 0.2) is 28.7 Å². The average Bonchev–Trinajstić information content (AvgIpc) is 3.15. The van der Waals surface area contributed by atoms with Crippen molar-refractivity contribution in [3.8, 4) is 17.3 Å². The highest BCUT2D eigenvalue weighted by molar-refractivity contribution is 5.50. The second-order valence-electron chi connectivity index (χ2n) is 6.06. The van der Waals surface area contributed by atoms with Crippen LogP contribution in [0.1, 0.15) is 42.7 Å². The molecular formula is C19H24N4O2. The Kier molecular flexibility index (Phi) is 5.16. The molecule has 0 bridgehead atoms. The highest BCUT2D eigenvalue weighted by atomic mass is 16.5. The lowest BCUT2D eigenvalue weighted by Gasteiger charge is -2.05. The van der Waals surface area contributed by atoms with Crippen LogP contribution in [0.25, 0.3) is 11.6 Å². The predicted octanol–water partition coefficient (Wildman–Crippen LogP) is 3.95. The van der Waals surface area contributed by atoms with Crippen LogP contribution in [0.3, 0.4) is 0 Å². The summed E-state index contributed by atoms with van der Waals surface area (Å²) in [6, 6.07) is 7.95. The van der Waals surface area contributed by atoms with Gasteiger partial charge in [-0.3, -0.25) is 0 Å². The molecule has 0 saturated heterocycles. The monoisotopic (exact) mass is 340 g/mol. The summed E-state index contributed by atoms with van der Waals surface area (Å²) < 4.78 is 13.1. The molecule has 0 aliphatic rings. The molecule has 0 fully saturated rings. The Labute approximate surface area is 147 Å². The quantitative estimate of drug-likeness (QED) is 0.651. The summed E-state index contributed by atoms with van der Waals surface area (Å²) in [7, 11) is 1.68. The molecule has 6 nitrogen and oxygen atoms in total. The molecule has 0 N–H and O–H groups in total. The van der Waals surface area contributed by atoms with Crippen molar-refractivity contribution in [3.05, 3.63) is 47.2 Å². The Hall–Kier alpha value is -2.63. The molecule has 0 spiro atoms. The molecular weight excluding hydrogens is 316 g/mol. The van der Waals surface area contributed by atoms with E-state index in [0.29, 0.717) is 18.1 Å². The van der Waals surface area contributed by atoms with Gasteiger partial charge in [0.25, 0.3) is 0 Å². The van der Waals surface area contributed by atoms with Gasteiger partial charge < -0.3 is 9.15 Å². The van der Waals surface area contributed by atoms with Crippen molar-refractivity contribution < 1.29 is 9.15 Å². The van der Waals surface area contributed by atoms with E-state index in [1.54, 1.807) is 7.11 Å². The van der Waals surface area contributed by atoms with Crippen LogP contribution in [0.5, 0.6) is 5.75 Å². The number of unbranched alkanes of at least 4 members (excludes halogenated alkanes) is 1. The van der Waals surface area contributed by atoms with E-state index in [4.69, 9.17) is 19.2 Å². The molecule has 0 atom stereocenters. The van der Waals surface area contributed by atoms with E-state index >= 15 is 0 Å². The molecule has 25 heavy (non-hydrogen) atoms. The van der Waals surface area contributed by atoms with Crippen molar-refractivity contribution in [1.82, 2.24) is 19.7 Å². The Morgan fingerprint density at radius 1 is 1.16 bits per heavy atom. The number of oxazole rings is 1. The molecule has 2 aromatic heterocycles. The minimum absolute atomic E-state index is 0.613. The first-order valence-corrected chi connectivity index (χ1v) is 8.62. The maximum atomic E-state index is 5.77. The van der Waals surface area contributed by atoms with Crippen LogP contribution >= 0.6 is 0 Å². The SMILES string of the molecule is CCCCn1nc(Cc2ccccc2OC)nc1-c1oc(C)nc1C. The number of hydrogen-bond acceptors (Lipinski definition) is 5. The Morgan fingerprint density at radius 3 is 2.64 bits per heavy atom. The topological polar surface area (TPSA) is 66.0 Å². The van der Waals surface area contributed by atoms with Gasteiger partial charge in [0.2, 0.25) is 0 Å². The first kappa shape index (κ1) is 17.2. The van der Waals surface area contributed by atoms with E-state index < -0.39 is 0 Å². The summed E-state index contributed by atoms with van der Waals surface area (Å²) in [5.41, 5.74) is 1.90. The van der Waals surface area contributed by atoms with Gasteiger partial charge in [-0.15, -0.1) is 0 Å². The highest BCUT2D eigenvalue weighted by Crippen LogP contribution is 2.25. The standard InChI is InChI=1S/C19H24N4O2/c1-5-6-11-23-19(18-13(2)20-14(3)25-18)21-17(22-23)12-15-9-7-8-10-16(15)24-4/h7-10H,5-6,11-12H2,1-4H3. The second-order valence-corrected chi connectivity index (χ2v) is 6.06. The number of rotatable bonds is 7. The van der Waals surface area contributed by atoms with E-state index in [0.717, 1.165) is 48.0 Å². The van der Waals surface area contributed by atoms with Gasteiger partial charge in [0.1, 0.15) is 5.75 Å². The van der Waals surface area contributed by atoms with E-state index in [9.17, 15) is 0 Å². The molecule has 0 aliphatic carbocycles. The number of ether oxygens (including phenoxy) is 1. The molecule has 132 valence electrons. The summed E-state index contributed by atoms with van der Waals surface area (Å²) >= 11 is 0. The maximum Gasteiger partial charge on any atom is 0.196 e. The Morgan fingerprint density at radius 2 is 1.96 bits per heavy atom. The van der Waals surface area contributed by atoms with Crippen LogP contribution in [0.4, 0.5) is 0 Å². The summed E-state index contributed by atoms with van der Waals surface area (Å²) in [6.45, 7) is 6.75. The molecule has 0 radical (unpaired) electrons. The minimum Gasteiger partial charge on any atom is -0.496 e. The zero-order chi connectivity index (χ0) is 17.8. The van der Waals surface area contributed by atoms with Gasteiger partial charge in [-0.25, -0.2) is 14.6 Å². The summed E-state index contributed by atoms with van der Waals surface area (Å²) in [5, 5.41) is 4.71. The van der Waals surface area contributed by atoms with Crippen molar-refractivity contribution in [2.75, 3.05) is 7.11 Å². The lowest BCUT2D eigenvalue weighted by Crippen LogP contribution is -2.03. The van der Waals surface area contributed by atoms with Gasteiger partial charge in [-0.1, -0.05) is 31.5 Å². The van der Waals surface area contributed by atoms with E-state index in [1.165, 1.54) is 0 Å². The van der Waals surface area contributed by atoms with E-state index in [1.807, 2.05) is 42.8 Å². The molecule has 0 saturated carbocycles. The summed E-state index contributed by atoms with van der Waals surface area (Å²) in [4.78, 5) is 9.10. The lowest BCUT2D eigenvalue weighted by atomic mass is 10.1. The van der Waals surface area contributed by atoms with Gasteiger partial charge in [0.15, 0.2) is 23.3 Å². The molecule has 1 aromatic carbocycles. The van der Waals surface area contributed by atoms with Crippen LogP contribution in [-0.2, 0) is 13.0 Å². The van der Waals surface area contributed by atoms with E-state index in [2.05, 4.69) is 11.9 Å². The van der Waals surface area contributed by atoms with Crippen molar-refractivity contribution >= 4 is 0 Å². The number of hydrogen-bond donors (Lipinski definition) is 0. The predicted molar refractivity (Wildman–Crippen MR) is 95.7 cm³/mol. The third kappa shape index (κ3) is 3.73. The van der Waals surface area contributed by atoms with Gasteiger partial charge in [-0.05, 0) is 19.4 Å². The third-order valence-electron chi connectivity index (χ3n) is 4.09. The van der Waals surface area contributed by atoms with Gasteiger partial charge in [0, 0.05) is 25.5 Å².